The summed E-state index contributed by atoms with van der Waals surface area (Å²) in [6, 6.07) is 16.5. The van der Waals surface area contributed by atoms with Gasteiger partial charge >= 0.3 is 0 Å². The molecule has 0 atom stereocenters. The minimum Gasteiger partial charge on any atom is -0.361 e. The summed E-state index contributed by atoms with van der Waals surface area (Å²) in [5.74, 6) is 0.276. The minimum atomic E-state index is 0.138. The molecule has 0 spiro atoms. The molecule has 0 fully saturated rings. The van der Waals surface area contributed by atoms with Gasteiger partial charge in [-0.1, -0.05) is 62.1 Å². The molecule has 2 aromatic carbocycles. The lowest BCUT2D eigenvalue weighted by molar-refractivity contribution is -0.122. The standard InChI is InChI=1S/C30H38N4O2/c35-29(31-19-17-23-21-33-27-13-9-7-11-25(23)27)15-5-3-1-2-4-6-16-30(36)32-20-18-24-22-34-28-14-10-8-12-26(24)28/h7-14,21-22,33-34H,1-6,15-20H2,(H,31,35)(H,32,36). The molecular weight excluding hydrogens is 448 g/mol. The number of unbranched alkanes of at least 4 members (excludes halogenated alkanes) is 5. The van der Waals surface area contributed by atoms with E-state index in [1.165, 1.54) is 21.9 Å². The van der Waals surface area contributed by atoms with Gasteiger partial charge in [0, 0.05) is 60.1 Å². The Kier molecular flexibility index (Phi) is 9.60. The first-order valence-corrected chi connectivity index (χ1v) is 13.3. The molecule has 4 rings (SSSR count). The van der Waals surface area contributed by atoms with E-state index in [1.807, 2.05) is 36.7 Å². The number of carbonyl (C=O) groups is 2. The molecule has 0 unspecified atom stereocenters. The third-order valence-corrected chi connectivity index (χ3v) is 6.84. The third-order valence-electron chi connectivity index (χ3n) is 6.84. The zero-order valence-electron chi connectivity index (χ0n) is 21.1. The molecule has 190 valence electrons. The third kappa shape index (κ3) is 7.48. The molecule has 4 aromatic rings. The van der Waals surface area contributed by atoms with Crippen molar-refractivity contribution in [2.75, 3.05) is 13.1 Å². The average Bonchev–Trinajstić information content (AvgIpc) is 3.50. The number of fused-ring (bicyclic) bond motifs is 2. The van der Waals surface area contributed by atoms with Crippen molar-refractivity contribution < 1.29 is 9.59 Å². The van der Waals surface area contributed by atoms with E-state index >= 15 is 0 Å². The Morgan fingerprint density at radius 2 is 1.00 bits per heavy atom. The molecule has 0 aliphatic carbocycles. The number of hydrogen-bond acceptors (Lipinski definition) is 2. The number of amides is 2. The monoisotopic (exact) mass is 486 g/mol. The number of carbonyl (C=O) groups excluding carboxylic acids is 2. The van der Waals surface area contributed by atoms with E-state index < -0.39 is 0 Å². The van der Waals surface area contributed by atoms with Crippen LogP contribution in [-0.4, -0.2) is 34.9 Å². The summed E-state index contributed by atoms with van der Waals surface area (Å²) in [6.07, 6.45) is 13.1. The maximum absolute atomic E-state index is 12.1. The maximum Gasteiger partial charge on any atom is 0.220 e. The van der Waals surface area contributed by atoms with Crippen molar-refractivity contribution in [2.24, 2.45) is 0 Å². The summed E-state index contributed by atoms with van der Waals surface area (Å²) in [5, 5.41) is 8.55. The Morgan fingerprint density at radius 1 is 0.583 bits per heavy atom. The van der Waals surface area contributed by atoms with Crippen LogP contribution in [0, 0.1) is 0 Å². The molecule has 0 saturated carbocycles. The van der Waals surface area contributed by atoms with Gasteiger partial charge in [0.15, 0.2) is 0 Å². The molecular formula is C30H38N4O2. The molecule has 2 heterocycles. The lowest BCUT2D eigenvalue weighted by Gasteiger charge is -2.06. The van der Waals surface area contributed by atoms with Gasteiger partial charge in [-0.2, -0.15) is 0 Å². The summed E-state index contributed by atoms with van der Waals surface area (Å²) >= 11 is 0. The van der Waals surface area contributed by atoms with Gasteiger partial charge in [-0.3, -0.25) is 9.59 Å². The first-order valence-electron chi connectivity index (χ1n) is 13.3. The van der Waals surface area contributed by atoms with E-state index in [4.69, 9.17) is 0 Å². The zero-order chi connectivity index (χ0) is 25.0. The molecule has 2 amide bonds. The fourth-order valence-electron chi connectivity index (χ4n) is 4.81. The van der Waals surface area contributed by atoms with Gasteiger partial charge in [0.05, 0.1) is 0 Å². The normalized spacial score (nSPS) is 11.2. The predicted octanol–water partition coefficient (Wildman–Crippen LogP) is 5.79. The fraction of sp³-hybridized carbons (Fsp3) is 0.400. The van der Waals surface area contributed by atoms with Crippen LogP contribution in [0.2, 0.25) is 0 Å². The lowest BCUT2D eigenvalue weighted by Crippen LogP contribution is -2.25. The van der Waals surface area contributed by atoms with Crippen LogP contribution in [0.1, 0.15) is 62.5 Å². The van der Waals surface area contributed by atoms with Crippen molar-refractivity contribution in [3.8, 4) is 0 Å². The number of H-pyrrole nitrogens is 2. The molecule has 2 aromatic heterocycles. The fourth-order valence-corrected chi connectivity index (χ4v) is 4.81. The van der Waals surface area contributed by atoms with Gasteiger partial charge in [-0.25, -0.2) is 0 Å². The van der Waals surface area contributed by atoms with Gasteiger partial charge < -0.3 is 20.6 Å². The van der Waals surface area contributed by atoms with Crippen LogP contribution >= 0.6 is 0 Å². The largest absolute Gasteiger partial charge is 0.361 e. The molecule has 0 radical (unpaired) electrons. The van der Waals surface area contributed by atoms with Crippen LogP contribution in [0.3, 0.4) is 0 Å². The molecule has 0 aliphatic heterocycles. The maximum atomic E-state index is 12.1. The topological polar surface area (TPSA) is 89.8 Å². The summed E-state index contributed by atoms with van der Waals surface area (Å²) in [6.45, 7) is 1.34. The molecule has 4 N–H and O–H groups in total. The lowest BCUT2D eigenvalue weighted by atomic mass is 10.1. The van der Waals surface area contributed by atoms with Crippen LogP contribution in [-0.2, 0) is 22.4 Å². The highest BCUT2D eigenvalue weighted by Gasteiger charge is 2.06. The van der Waals surface area contributed by atoms with E-state index in [1.54, 1.807) is 0 Å². The van der Waals surface area contributed by atoms with Crippen molar-refractivity contribution in [2.45, 2.75) is 64.2 Å². The Morgan fingerprint density at radius 3 is 1.47 bits per heavy atom. The second-order valence-corrected chi connectivity index (χ2v) is 9.54. The van der Waals surface area contributed by atoms with Gasteiger partial charge in [0.1, 0.15) is 0 Å². The second kappa shape index (κ2) is 13.5. The first kappa shape index (κ1) is 25.5. The molecule has 36 heavy (non-hydrogen) atoms. The van der Waals surface area contributed by atoms with Crippen LogP contribution in [0.5, 0.6) is 0 Å². The number of rotatable bonds is 15. The molecule has 0 saturated heterocycles. The number of aromatic nitrogens is 2. The van der Waals surface area contributed by atoms with Gasteiger partial charge in [-0.05, 0) is 48.9 Å². The Labute approximate surface area is 213 Å². The average molecular weight is 487 g/mol. The predicted molar refractivity (Wildman–Crippen MR) is 147 cm³/mol. The van der Waals surface area contributed by atoms with Crippen LogP contribution in [0.25, 0.3) is 21.8 Å². The first-order chi connectivity index (χ1) is 17.7. The highest BCUT2D eigenvalue weighted by Crippen LogP contribution is 2.18. The van der Waals surface area contributed by atoms with E-state index in [-0.39, 0.29) is 11.8 Å². The van der Waals surface area contributed by atoms with E-state index in [2.05, 4.69) is 44.9 Å². The van der Waals surface area contributed by atoms with Crippen molar-refractivity contribution in [1.82, 2.24) is 20.6 Å². The number of aromatic amines is 2. The minimum absolute atomic E-state index is 0.138. The number of nitrogens with one attached hydrogen (secondary N) is 4. The SMILES string of the molecule is O=C(CCCCCCCCC(=O)NCCc1c[nH]c2ccccc12)NCCc1c[nH]c2ccccc12. The van der Waals surface area contributed by atoms with Gasteiger partial charge in [0.25, 0.3) is 0 Å². The molecule has 0 bridgehead atoms. The molecule has 6 heteroatoms. The van der Waals surface area contributed by atoms with Crippen LogP contribution < -0.4 is 10.6 Å². The summed E-state index contributed by atoms with van der Waals surface area (Å²) < 4.78 is 0. The Balaban J connectivity index is 0.966. The van der Waals surface area contributed by atoms with E-state index in [9.17, 15) is 9.59 Å². The van der Waals surface area contributed by atoms with Crippen molar-refractivity contribution >= 4 is 33.6 Å². The number of para-hydroxylation sites is 2. The van der Waals surface area contributed by atoms with Crippen molar-refractivity contribution in [3.63, 3.8) is 0 Å². The summed E-state index contributed by atoms with van der Waals surface area (Å²) in [4.78, 5) is 30.8. The second-order valence-electron chi connectivity index (χ2n) is 9.54. The van der Waals surface area contributed by atoms with Crippen molar-refractivity contribution in [3.05, 3.63) is 72.1 Å². The van der Waals surface area contributed by atoms with Crippen molar-refractivity contribution in [1.29, 1.82) is 0 Å². The number of hydrogen-bond donors (Lipinski definition) is 4. The molecule has 0 aliphatic rings. The number of benzene rings is 2. The highest BCUT2D eigenvalue weighted by molar-refractivity contribution is 5.84. The van der Waals surface area contributed by atoms with Crippen LogP contribution in [0.15, 0.2) is 60.9 Å². The van der Waals surface area contributed by atoms with E-state index in [0.29, 0.717) is 25.9 Å². The zero-order valence-corrected chi connectivity index (χ0v) is 21.1. The summed E-state index contributed by atoms with van der Waals surface area (Å²) in [7, 11) is 0. The highest BCUT2D eigenvalue weighted by atomic mass is 16.2. The Hall–Kier alpha value is -3.54. The summed E-state index contributed by atoms with van der Waals surface area (Å²) in [5.41, 5.74) is 4.77. The van der Waals surface area contributed by atoms with E-state index in [0.717, 1.165) is 62.4 Å². The quantitative estimate of drug-likeness (QED) is 0.160. The van der Waals surface area contributed by atoms with Gasteiger partial charge in [-0.15, -0.1) is 0 Å². The smallest absolute Gasteiger partial charge is 0.220 e. The van der Waals surface area contributed by atoms with Gasteiger partial charge in [0.2, 0.25) is 11.8 Å². The van der Waals surface area contributed by atoms with Crippen LogP contribution in [0.4, 0.5) is 0 Å². The molecule has 6 nitrogen and oxygen atoms in total. The Bertz CT molecular complexity index is 1160.